The molecule has 162 valence electrons. The van der Waals surface area contributed by atoms with Crippen LogP contribution >= 0.6 is 0 Å². The minimum atomic E-state index is -3.42. The normalized spacial score (nSPS) is 18.5. The minimum absolute atomic E-state index is 0.362. The van der Waals surface area contributed by atoms with Gasteiger partial charge in [0, 0.05) is 43.0 Å². The van der Waals surface area contributed by atoms with Crippen LogP contribution in [-0.2, 0) is 27.8 Å². The van der Waals surface area contributed by atoms with Crippen LogP contribution in [0.25, 0.3) is 0 Å². The number of nitrogens with zero attached hydrogens (tertiary/aromatic N) is 2. The average molecular weight is 431 g/mol. The zero-order valence-corrected chi connectivity index (χ0v) is 18.3. The van der Waals surface area contributed by atoms with E-state index in [0.717, 1.165) is 18.7 Å². The van der Waals surface area contributed by atoms with Gasteiger partial charge < -0.3 is 15.0 Å². The van der Waals surface area contributed by atoms with E-state index < -0.39 is 10.0 Å². The summed E-state index contributed by atoms with van der Waals surface area (Å²) in [5.41, 5.74) is 3.76. The highest BCUT2D eigenvalue weighted by Crippen LogP contribution is 2.20. The van der Waals surface area contributed by atoms with Crippen molar-refractivity contribution in [2.24, 2.45) is 0 Å². The number of sulfonamides is 1. The Labute approximate surface area is 179 Å². The van der Waals surface area contributed by atoms with E-state index in [1.54, 1.807) is 12.1 Å². The summed E-state index contributed by atoms with van der Waals surface area (Å²) in [5.74, 6) is 0. The van der Waals surface area contributed by atoms with Crippen LogP contribution in [0.15, 0.2) is 53.4 Å². The van der Waals surface area contributed by atoms with Gasteiger partial charge in [-0.3, -0.25) is 0 Å². The summed E-state index contributed by atoms with van der Waals surface area (Å²) in [6, 6.07) is 16.2. The number of rotatable bonds is 7. The summed E-state index contributed by atoms with van der Waals surface area (Å²) in [7, 11) is -3.42. The summed E-state index contributed by atoms with van der Waals surface area (Å²) in [6.45, 7) is 5.85. The highest BCUT2D eigenvalue weighted by atomic mass is 32.2. The van der Waals surface area contributed by atoms with Gasteiger partial charge >= 0.3 is 0 Å². The molecule has 0 amide bonds. The van der Waals surface area contributed by atoms with E-state index in [2.05, 4.69) is 34.5 Å². The van der Waals surface area contributed by atoms with Crippen LogP contribution in [0, 0.1) is 0 Å². The zero-order valence-electron chi connectivity index (χ0n) is 17.5. The molecule has 0 spiro atoms. The predicted octanol–water partition coefficient (Wildman–Crippen LogP) is 1.96. The number of nitrogens with two attached hydrogens (primary N) is 1. The van der Waals surface area contributed by atoms with E-state index >= 15 is 0 Å². The van der Waals surface area contributed by atoms with E-state index in [-0.39, 0.29) is 0 Å². The number of hydrogen-bond donors (Lipinski definition) is 1. The number of piperidine rings is 1. The van der Waals surface area contributed by atoms with E-state index in [1.165, 1.54) is 47.9 Å². The van der Waals surface area contributed by atoms with Crippen molar-refractivity contribution in [1.82, 2.24) is 4.31 Å². The van der Waals surface area contributed by atoms with Gasteiger partial charge in [0.05, 0.1) is 18.1 Å². The number of morpholine rings is 1. The summed E-state index contributed by atoms with van der Waals surface area (Å²) in [5, 5.41) is 2.25. The van der Waals surface area contributed by atoms with Crippen molar-refractivity contribution in [2.45, 2.75) is 37.2 Å². The molecule has 2 aliphatic heterocycles. The van der Waals surface area contributed by atoms with Crippen LogP contribution in [0.4, 0.5) is 5.69 Å². The first-order valence-electron chi connectivity index (χ1n) is 11.0. The fourth-order valence-corrected chi connectivity index (χ4v) is 5.54. The summed E-state index contributed by atoms with van der Waals surface area (Å²) < 4.78 is 32.2. The van der Waals surface area contributed by atoms with Gasteiger partial charge in [0.25, 0.3) is 0 Å². The van der Waals surface area contributed by atoms with Gasteiger partial charge in [-0.25, -0.2) is 8.42 Å². The fraction of sp³-hybridized carbons (Fsp3) is 0.478. The second-order valence-electron chi connectivity index (χ2n) is 8.07. The standard InChI is InChI=1S/C23H31N3O3S/c27-30(28,26-14-16-29-17-15-26)23-10-6-21(7-11-23)19-24-18-20-4-8-22(9-5-20)25-12-2-1-3-13-25/h4-11,24H,1-3,12-19H2/p+1. The third-order valence-electron chi connectivity index (χ3n) is 5.95. The maximum Gasteiger partial charge on any atom is 0.243 e. The maximum atomic E-state index is 12.7. The van der Waals surface area contributed by atoms with Crippen molar-refractivity contribution >= 4 is 15.7 Å². The molecule has 4 rings (SSSR count). The molecule has 0 unspecified atom stereocenters. The summed E-state index contributed by atoms with van der Waals surface area (Å²) >= 11 is 0. The Morgan fingerprint density at radius 2 is 1.33 bits per heavy atom. The molecule has 2 N–H and O–H groups in total. The lowest BCUT2D eigenvalue weighted by Crippen LogP contribution is -2.80. The number of hydrogen-bond acceptors (Lipinski definition) is 4. The maximum absolute atomic E-state index is 12.7. The lowest BCUT2D eigenvalue weighted by molar-refractivity contribution is -0.686. The monoisotopic (exact) mass is 430 g/mol. The van der Waals surface area contributed by atoms with E-state index in [1.807, 2.05) is 12.1 Å². The minimum Gasteiger partial charge on any atom is -0.379 e. The van der Waals surface area contributed by atoms with Crippen molar-refractivity contribution in [1.29, 1.82) is 0 Å². The molecule has 0 atom stereocenters. The molecule has 2 aliphatic rings. The molecular weight excluding hydrogens is 398 g/mol. The van der Waals surface area contributed by atoms with Crippen molar-refractivity contribution in [3.8, 4) is 0 Å². The van der Waals surface area contributed by atoms with Crippen LogP contribution in [-0.4, -0.2) is 52.1 Å². The molecule has 2 heterocycles. The van der Waals surface area contributed by atoms with E-state index in [0.29, 0.717) is 31.2 Å². The first-order chi connectivity index (χ1) is 14.6. The molecule has 2 saturated heterocycles. The van der Waals surface area contributed by atoms with Gasteiger partial charge in [0.15, 0.2) is 0 Å². The third kappa shape index (κ3) is 5.21. The molecule has 0 bridgehead atoms. The number of anilines is 1. The summed E-state index contributed by atoms with van der Waals surface area (Å²) in [4.78, 5) is 2.84. The molecule has 2 aromatic rings. The molecule has 7 heteroatoms. The van der Waals surface area contributed by atoms with Crippen LogP contribution in [0.2, 0.25) is 0 Å². The van der Waals surface area contributed by atoms with Gasteiger partial charge in [0.2, 0.25) is 10.0 Å². The molecule has 0 aliphatic carbocycles. The second kappa shape index (κ2) is 9.92. The fourth-order valence-electron chi connectivity index (χ4n) is 4.13. The Bertz CT molecular complexity index is 902. The number of ether oxygens (including phenoxy) is 1. The van der Waals surface area contributed by atoms with E-state index in [4.69, 9.17) is 4.74 Å². The molecule has 2 aromatic carbocycles. The van der Waals surface area contributed by atoms with Crippen LogP contribution < -0.4 is 10.2 Å². The highest BCUT2D eigenvalue weighted by molar-refractivity contribution is 7.89. The lowest BCUT2D eigenvalue weighted by atomic mass is 10.1. The molecule has 0 aromatic heterocycles. The topological polar surface area (TPSA) is 66.5 Å². The molecule has 6 nitrogen and oxygen atoms in total. The molecule has 2 fully saturated rings. The number of benzene rings is 2. The quantitative estimate of drug-likeness (QED) is 0.729. The molecule has 30 heavy (non-hydrogen) atoms. The Kier molecular flexibility index (Phi) is 7.04. The smallest absolute Gasteiger partial charge is 0.243 e. The number of quaternary nitrogens is 1. The van der Waals surface area contributed by atoms with Crippen LogP contribution in [0.1, 0.15) is 30.4 Å². The average Bonchev–Trinajstić information content (AvgIpc) is 2.81. The molecule has 0 radical (unpaired) electrons. The van der Waals surface area contributed by atoms with Gasteiger partial charge in [0.1, 0.15) is 13.1 Å². The largest absolute Gasteiger partial charge is 0.379 e. The predicted molar refractivity (Wildman–Crippen MR) is 118 cm³/mol. The Morgan fingerprint density at radius 3 is 1.93 bits per heavy atom. The zero-order chi connectivity index (χ0) is 20.8. The molecular formula is C23H32N3O3S+. The Morgan fingerprint density at radius 1 is 0.767 bits per heavy atom. The molecule has 0 saturated carbocycles. The van der Waals surface area contributed by atoms with Crippen LogP contribution in [0.5, 0.6) is 0 Å². The van der Waals surface area contributed by atoms with E-state index in [9.17, 15) is 8.42 Å². The summed E-state index contributed by atoms with van der Waals surface area (Å²) in [6.07, 6.45) is 3.94. The Balaban J connectivity index is 1.28. The highest BCUT2D eigenvalue weighted by Gasteiger charge is 2.26. The Hall–Kier alpha value is -1.93. The first kappa shape index (κ1) is 21.3. The van der Waals surface area contributed by atoms with Crippen molar-refractivity contribution in [2.75, 3.05) is 44.3 Å². The second-order valence-corrected chi connectivity index (χ2v) is 10.0. The van der Waals surface area contributed by atoms with Crippen molar-refractivity contribution in [3.63, 3.8) is 0 Å². The first-order valence-corrected chi connectivity index (χ1v) is 12.4. The lowest BCUT2D eigenvalue weighted by Gasteiger charge is -2.28. The third-order valence-corrected chi connectivity index (χ3v) is 7.86. The van der Waals surface area contributed by atoms with Crippen LogP contribution in [0.3, 0.4) is 0 Å². The van der Waals surface area contributed by atoms with Gasteiger partial charge in [-0.2, -0.15) is 4.31 Å². The van der Waals surface area contributed by atoms with Gasteiger partial charge in [-0.05, 0) is 43.5 Å². The SMILES string of the molecule is O=S(=O)(c1ccc(C[NH2+]Cc2ccc(N3CCCCC3)cc2)cc1)N1CCOCC1. The van der Waals surface area contributed by atoms with Crippen molar-refractivity contribution in [3.05, 3.63) is 59.7 Å². The van der Waals surface area contributed by atoms with Gasteiger partial charge in [-0.1, -0.05) is 24.3 Å². The van der Waals surface area contributed by atoms with Crippen molar-refractivity contribution < 1.29 is 18.5 Å². The van der Waals surface area contributed by atoms with Gasteiger partial charge in [-0.15, -0.1) is 0 Å².